The van der Waals surface area contributed by atoms with Crippen LogP contribution in [0.15, 0.2) is 12.2 Å². The fourth-order valence-corrected chi connectivity index (χ4v) is 2.54. The second kappa shape index (κ2) is 14.8. The Labute approximate surface area is 145 Å². The largest absolute Gasteiger partial charge is 0.461 e. The highest BCUT2D eigenvalue weighted by atomic mass is 16.5. The molecule has 0 fully saturated rings. The molecule has 0 aromatic rings. The van der Waals surface area contributed by atoms with Crippen LogP contribution in [0, 0.1) is 5.41 Å². The molecule has 0 amide bonds. The van der Waals surface area contributed by atoms with Gasteiger partial charge in [0.1, 0.15) is 6.61 Å². The van der Waals surface area contributed by atoms with Crippen molar-refractivity contribution in [2.75, 3.05) is 6.61 Å². The Hall–Kier alpha value is -0.790. The zero-order chi connectivity index (χ0) is 17.4. The molecule has 0 radical (unpaired) electrons. The fraction of sp³-hybridized carbons (Fsp3) is 0.857. The predicted molar refractivity (Wildman–Crippen MR) is 101 cm³/mol. The summed E-state index contributed by atoms with van der Waals surface area (Å²) >= 11 is 0. The van der Waals surface area contributed by atoms with Crippen molar-refractivity contribution in [3.8, 4) is 0 Å². The van der Waals surface area contributed by atoms with Gasteiger partial charge in [-0.3, -0.25) is 4.79 Å². The number of hydrogen-bond acceptors (Lipinski definition) is 2. The molecule has 23 heavy (non-hydrogen) atoms. The van der Waals surface area contributed by atoms with Crippen molar-refractivity contribution in [1.82, 2.24) is 0 Å². The summed E-state index contributed by atoms with van der Waals surface area (Å²) in [6, 6.07) is 0. The summed E-state index contributed by atoms with van der Waals surface area (Å²) in [5.41, 5.74) is 0.452. The Bertz CT molecular complexity index is 299. The first kappa shape index (κ1) is 22.2. The third kappa shape index (κ3) is 19.2. The highest BCUT2D eigenvalue weighted by Crippen LogP contribution is 2.22. The summed E-state index contributed by atoms with van der Waals surface area (Å²) in [5.74, 6) is -0.0460. The fourth-order valence-electron chi connectivity index (χ4n) is 2.54. The number of carbonyl (C=O) groups excluding carboxylic acids is 1. The van der Waals surface area contributed by atoms with E-state index in [1.807, 2.05) is 6.08 Å². The van der Waals surface area contributed by atoms with Crippen molar-refractivity contribution in [3.05, 3.63) is 12.2 Å². The lowest BCUT2D eigenvalue weighted by Gasteiger charge is -2.17. The molecule has 0 aromatic heterocycles. The maximum Gasteiger partial charge on any atom is 0.306 e. The number of allylic oxidation sites excluding steroid dienone is 1. The monoisotopic (exact) mass is 324 g/mol. The molecular weight excluding hydrogens is 284 g/mol. The van der Waals surface area contributed by atoms with E-state index < -0.39 is 0 Å². The summed E-state index contributed by atoms with van der Waals surface area (Å²) in [7, 11) is 0. The minimum absolute atomic E-state index is 0.0460. The van der Waals surface area contributed by atoms with Crippen LogP contribution in [0.3, 0.4) is 0 Å². The molecule has 0 saturated carbocycles. The smallest absolute Gasteiger partial charge is 0.306 e. The molecular formula is C21H40O2. The Kier molecular flexibility index (Phi) is 14.3. The summed E-state index contributed by atoms with van der Waals surface area (Å²) in [4.78, 5) is 11.6. The van der Waals surface area contributed by atoms with Crippen LogP contribution in [0.1, 0.15) is 105 Å². The molecule has 0 N–H and O–H groups in total. The summed E-state index contributed by atoms with van der Waals surface area (Å²) in [6.45, 7) is 9.55. The lowest BCUT2D eigenvalue weighted by Crippen LogP contribution is -2.04. The second-order valence-electron chi connectivity index (χ2n) is 7.83. The zero-order valence-corrected chi connectivity index (χ0v) is 16.2. The first-order chi connectivity index (χ1) is 11.0. The third-order valence-corrected chi connectivity index (χ3v) is 4.04. The molecule has 0 aliphatic heterocycles. The first-order valence-electron chi connectivity index (χ1n) is 9.76. The van der Waals surface area contributed by atoms with Crippen molar-refractivity contribution in [2.45, 2.75) is 105 Å². The van der Waals surface area contributed by atoms with Crippen LogP contribution in [0.4, 0.5) is 0 Å². The molecule has 2 heteroatoms. The molecule has 0 bridgehead atoms. The average Bonchev–Trinajstić information content (AvgIpc) is 2.48. The molecule has 0 aromatic carbocycles. The van der Waals surface area contributed by atoms with Gasteiger partial charge in [-0.2, -0.15) is 0 Å². The minimum atomic E-state index is -0.0460. The summed E-state index contributed by atoms with van der Waals surface area (Å²) in [5, 5.41) is 0. The average molecular weight is 325 g/mol. The predicted octanol–water partition coefficient (Wildman–Crippen LogP) is 6.83. The Balaban J connectivity index is 3.32. The molecule has 0 rings (SSSR count). The number of esters is 1. The highest BCUT2D eigenvalue weighted by Gasteiger charge is 2.08. The van der Waals surface area contributed by atoms with Gasteiger partial charge in [0.15, 0.2) is 0 Å². The van der Waals surface area contributed by atoms with E-state index >= 15 is 0 Å². The molecule has 0 saturated heterocycles. The molecule has 0 heterocycles. The lowest BCUT2D eigenvalue weighted by molar-refractivity contribution is -0.142. The van der Waals surface area contributed by atoms with E-state index in [4.69, 9.17) is 4.74 Å². The molecule has 0 spiro atoms. The molecule has 0 unspecified atom stereocenters. The molecule has 0 aliphatic carbocycles. The van der Waals surface area contributed by atoms with E-state index in [0.29, 0.717) is 18.4 Å². The van der Waals surface area contributed by atoms with Crippen LogP contribution in [0.25, 0.3) is 0 Å². The van der Waals surface area contributed by atoms with Gasteiger partial charge in [0.2, 0.25) is 0 Å². The van der Waals surface area contributed by atoms with Gasteiger partial charge in [-0.05, 0) is 31.1 Å². The minimum Gasteiger partial charge on any atom is -0.461 e. The Morgan fingerprint density at radius 1 is 0.870 bits per heavy atom. The molecule has 2 nitrogen and oxygen atoms in total. The van der Waals surface area contributed by atoms with Gasteiger partial charge in [0, 0.05) is 6.42 Å². The zero-order valence-electron chi connectivity index (χ0n) is 16.2. The van der Waals surface area contributed by atoms with Gasteiger partial charge < -0.3 is 4.74 Å². The van der Waals surface area contributed by atoms with Gasteiger partial charge in [-0.1, -0.05) is 84.8 Å². The SMILES string of the molecule is CCCCCC/C=C\COC(=O)CCCCCCCC(C)(C)C. The Morgan fingerprint density at radius 2 is 1.52 bits per heavy atom. The van der Waals surface area contributed by atoms with Crippen LogP contribution in [-0.4, -0.2) is 12.6 Å². The topological polar surface area (TPSA) is 26.3 Å². The van der Waals surface area contributed by atoms with E-state index in [0.717, 1.165) is 19.3 Å². The standard InChI is InChI=1S/C21H40O2/c1-5-6-7-8-9-13-16-19-23-20(22)17-14-11-10-12-15-18-21(2,3)4/h13,16H,5-12,14-15,17-19H2,1-4H3/b16-13-. The number of unbranched alkanes of at least 4 members (excludes halogenated alkanes) is 8. The van der Waals surface area contributed by atoms with Crippen LogP contribution in [-0.2, 0) is 9.53 Å². The van der Waals surface area contributed by atoms with Crippen molar-refractivity contribution in [2.24, 2.45) is 5.41 Å². The van der Waals surface area contributed by atoms with Crippen LogP contribution >= 0.6 is 0 Å². The van der Waals surface area contributed by atoms with Crippen molar-refractivity contribution < 1.29 is 9.53 Å². The molecule has 0 atom stereocenters. The summed E-state index contributed by atoms with van der Waals surface area (Å²) in [6.07, 6.45) is 18.2. The normalized spacial score (nSPS) is 12.0. The number of rotatable bonds is 14. The van der Waals surface area contributed by atoms with Gasteiger partial charge in [0.25, 0.3) is 0 Å². The Morgan fingerprint density at radius 3 is 2.22 bits per heavy atom. The van der Waals surface area contributed by atoms with Crippen LogP contribution in [0.5, 0.6) is 0 Å². The van der Waals surface area contributed by atoms with E-state index in [9.17, 15) is 4.79 Å². The number of hydrogen-bond donors (Lipinski definition) is 0. The number of carbonyl (C=O) groups is 1. The van der Waals surface area contributed by atoms with Crippen LogP contribution in [0.2, 0.25) is 0 Å². The van der Waals surface area contributed by atoms with Crippen molar-refractivity contribution in [1.29, 1.82) is 0 Å². The van der Waals surface area contributed by atoms with Crippen molar-refractivity contribution >= 4 is 5.97 Å². The van der Waals surface area contributed by atoms with Gasteiger partial charge >= 0.3 is 5.97 Å². The van der Waals surface area contributed by atoms with Crippen LogP contribution < -0.4 is 0 Å². The number of ether oxygens (including phenoxy) is 1. The quantitative estimate of drug-likeness (QED) is 0.199. The van der Waals surface area contributed by atoms with E-state index in [2.05, 4.69) is 33.8 Å². The molecule has 0 aliphatic rings. The first-order valence-corrected chi connectivity index (χ1v) is 9.76. The van der Waals surface area contributed by atoms with Gasteiger partial charge in [-0.25, -0.2) is 0 Å². The van der Waals surface area contributed by atoms with Gasteiger partial charge in [0.05, 0.1) is 0 Å². The highest BCUT2D eigenvalue weighted by molar-refractivity contribution is 5.69. The van der Waals surface area contributed by atoms with Crippen molar-refractivity contribution in [3.63, 3.8) is 0 Å². The van der Waals surface area contributed by atoms with E-state index in [1.165, 1.54) is 51.4 Å². The van der Waals surface area contributed by atoms with E-state index in [1.54, 1.807) is 0 Å². The molecule has 136 valence electrons. The van der Waals surface area contributed by atoms with Gasteiger partial charge in [-0.15, -0.1) is 0 Å². The van der Waals surface area contributed by atoms with E-state index in [-0.39, 0.29) is 5.97 Å². The summed E-state index contributed by atoms with van der Waals surface area (Å²) < 4.78 is 5.22. The lowest BCUT2D eigenvalue weighted by atomic mass is 9.89. The maximum atomic E-state index is 11.6. The second-order valence-corrected chi connectivity index (χ2v) is 7.83. The maximum absolute atomic E-state index is 11.6. The third-order valence-electron chi connectivity index (χ3n) is 4.04.